The lowest BCUT2D eigenvalue weighted by Gasteiger charge is -2.27. The third kappa shape index (κ3) is 5.83. The number of aliphatic hydroxyl groups is 1. The van der Waals surface area contributed by atoms with Crippen LogP contribution in [-0.2, 0) is 6.42 Å². The summed E-state index contributed by atoms with van der Waals surface area (Å²) in [5, 5.41) is 11.2. The summed E-state index contributed by atoms with van der Waals surface area (Å²) in [7, 11) is 0. The molecule has 2 aliphatic heterocycles. The van der Waals surface area contributed by atoms with Crippen molar-refractivity contribution in [3.05, 3.63) is 59.4 Å². The molecule has 5 nitrogen and oxygen atoms in total. The van der Waals surface area contributed by atoms with Gasteiger partial charge in [0.25, 0.3) is 0 Å². The van der Waals surface area contributed by atoms with Crippen molar-refractivity contribution in [2.24, 2.45) is 4.99 Å². The maximum absolute atomic E-state index is 13.1. The van der Waals surface area contributed by atoms with Crippen LogP contribution in [0.15, 0.2) is 47.5 Å². The molecule has 6 heteroatoms. The number of ether oxygens (including phenoxy) is 2. The second-order valence-corrected chi connectivity index (χ2v) is 8.41. The summed E-state index contributed by atoms with van der Waals surface area (Å²) in [4.78, 5) is 7.32. The molecule has 4 rings (SSSR count). The van der Waals surface area contributed by atoms with Crippen LogP contribution in [0.5, 0.6) is 11.5 Å². The minimum atomic E-state index is -0.725. The fourth-order valence-electron chi connectivity index (χ4n) is 4.23. The molecule has 0 saturated carbocycles. The number of hydrogen-bond donors (Lipinski definition) is 1. The van der Waals surface area contributed by atoms with E-state index in [2.05, 4.69) is 4.90 Å². The Balaban J connectivity index is 1.48. The molecule has 1 N–H and O–H groups in total. The van der Waals surface area contributed by atoms with Gasteiger partial charge in [0.05, 0.1) is 6.04 Å². The molecule has 166 valence electrons. The summed E-state index contributed by atoms with van der Waals surface area (Å²) < 4.78 is 24.4. The summed E-state index contributed by atoms with van der Waals surface area (Å²) in [6.45, 7) is 5.90. The van der Waals surface area contributed by atoms with E-state index in [0.29, 0.717) is 19.0 Å². The Morgan fingerprint density at radius 3 is 2.52 bits per heavy atom. The highest BCUT2D eigenvalue weighted by molar-refractivity contribution is 5.82. The zero-order valence-corrected chi connectivity index (χ0v) is 18.1. The molecule has 0 amide bonds. The van der Waals surface area contributed by atoms with Crippen molar-refractivity contribution in [2.45, 2.75) is 44.8 Å². The molecular weight excluding hydrogens is 395 g/mol. The summed E-state index contributed by atoms with van der Waals surface area (Å²) in [6, 6.07) is 12.0. The number of aliphatic hydroxyl groups excluding tert-OH is 1. The molecular formula is C25H31FN2O3. The van der Waals surface area contributed by atoms with Crippen LogP contribution in [0.2, 0.25) is 0 Å². The van der Waals surface area contributed by atoms with Crippen molar-refractivity contribution >= 4 is 5.71 Å². The van der Waals surface area contributed by atoms with Crippen LogP contribution in [0.3, 0.4) is 0 Å². The van der Waals surface area contributed by atoms with Crippen molar-refractivity contribution in [3.63, 3.8) is 0 Å². The number of likely N-dealkylation sites (tertiary alicyclic amines) is 1. The van der Waals surface area contributed by atoms with Crippen molar-refractivity contribution in [2.75, 3.05) is 32.8 Å². The molecule has 1 saturated heterocycles. The van der Waals surface area contributed by atoms with Crippen LogP contribution in [0.25, 0.3) is 0 Å². The lowest BCUT2D eigenvalue weighted by atomic mass is 10.0. The van der Waals surface area contributed by atoms with Gasteiger partial charge in [-0.2, -0.15) is 0 Å². The molecule has 2 heterocycles. The number of aryl methyl sites for hydroxylation is 1. The molecule has 2 aromatic rings. The van der Waals surface area contributed by atoms with Crippen LogP contribution < -0.4 is 9.47 Å². The first-order valence-electron chi connectivity index (χ1n) is 11.2. The van der Waals surface area contributed by atoms with Gasteiger partial charge in [-0.1, -0.05) is 18.2 Å². The van der Waals surface area contributed by atoms with Gasteiger partial charge in [-0.05, 0) is 81.1 Å². The molecule has 0 radical (unpaired) electrons. The Morgan fingerprint density at radius 1 is 1.06 bits per heavy atom. The number of benzene rings is 2. The molecule has 2 aromatic carbocycles. The zero-order chi connectivity index (χ0) is 21.6. The molecule has 2 unspecified atom stereocenters. The number of halogens is 1. The smallest absolute Gasteiger partial charge is 0.161 e. The summed E-state index contributed by atoms with van der Waals surface area (Å²) in [5.74, 6) is 1.18. The predicted molar refractivity (Wildman–Crippen MR) is 120 cm³/mol. The van der Waals surface area contributed by atoms with Crippen LogP contribution in [-0.4, -0.2) is 54.6 Å². The first kappa shape index (κ1) is 21.8. The van der Waals surface area contributed by atoms with Crippen LogP contribution in [0.1, 0.15) is 43.4 Å². The van der Waals surface area contributed by atoms with Crippen molar-refractivity contribution < 1.29 is 19.0 Å². The van der Waals surface area contributed by atoms with Crippen molar-refractivity contribution in [1.82, 2.24) is 4.90 Å². The third-order valence-corrected chi connectivity index (χ3v) is 5.99. The van der Waals surface area contributed by atoms with Gasteiger partial charge >= 0.3 is 0 Å². The normalized spacial score (nSPS) is 18.7. The minimum Gasteiger partial charge on any atom is -0.486 e. The summed E-state index contributed by atoms with van der Waals surface area (Å²) in [6.07, 6.45) is 3.24. The van der Waals surface area contributed by atoms with Gasteiger partial charge in [0.2, 0.25) is 0 Å². The number of rotatable bonds is 8. The van der Waals surface area contributed by atoms with Gasteiger partial charge in [0, 0.05) is 12.3 Å². The number of aliphatic imine (C=N–C) groups is 1. The van der Waals surface area contributed by atoms with E-state index in [1.54, 1.807) is 0 Å². The van der Waals surface area contributed by atoms with Gasteiger partial charge in [0.1, 0.15) is 25.1 Å². The van der Waals surface area contributed by atoms with Gasteiger partial charge < -0.3 is 19.5 Å². The predicted octanol–water partition coefficient (Wildman–Crippen LogP) is 4.19. The van der Waals surface area contributed by atoms with E-state index < -0.39 is 6.10 Å². The maximum atomic E-state index is 13.1. The van der Waals surface area contributed by atoms with Gasteiger partial charge in [-0.3, -0.25) is 4.99 Å². The SMILES string of the molecule is CC(CCc1ccc(F)cc1)=NC(CN1CCCC1)C(O)c1ccc2c(c1)OCCO2. The first-order valence-corrected chi connectivity index (χ1v) is 11.2. The first-order chi connectivity index (χ1) is 15.1. The van der Waals surface area contributed by atoms with E-state index in [4.69, 9.17) is 14.5 Å². The fourth-order valence-corrected chi connectivity index (χ4v) is 4.23. The fraction of sp³-hybridized carbons (Fsp3) is 0.480. The molecule has 31 heavy (non-hydrogen) atoms. The van der Waals surface area contributed by atoms with E-state index in [-0.39, 0.29) is 11.9 Å². The van der Waals surface area contributed by atoms with E-state index in [0.717, 1.165) is 55.1 Å². The standard InChI is InChI=1S/C25H31FN2O3/c1-18(4-5-19-6-9-21(26)10-7-19)27-22(17-28-12-2-3-13-28)25(29)20-8-11-23-24(16-20)31-15-14-30-23/h6-11,16,22,25,29H,2-5,12-15,17H2,1H3. The molecule has 2 atom stereocenters. The Hall–Kier alpha value is -2.44. The molecule has 0 aliphatic carbocycles. The van der Waals surface area contributed by atoms with E-state index in [1.807, 2.05) is 37.3 Å². The highest BCUT2D eigenvalue weighted by atomic mass is 19.1. The van der Waals surface area contributed by atoms with E-state index in [1.165, 1.54) is 25.0 Å². The van der Waals surface area contributed by atoms with Crippen LogP contribution in [0, 0.1) is 5.82 Å². The Labute approximate surface area is 183 Å². The highest BCUT2D eigenvalue weighted by Gasteiger charge is 2.26. The second kappa shape index (κ2) is 10.2. The number of hydrogen-bond acceptors (Lipinski definition) is 5. The highest BCUT2D eigenvalue weighted by Crippen LogP contribution is 2.34. The summed E-state index contributed by atoms with van der Waals surface area (Å²) >= 11 is 0. The molecule has 0 aromatic heterocycles. The van der Waals surface area contributed by atoms with E-state index in [9.17, 15) is 9.50 Å². The Morgan fingerprint density at radius 2 is 1.77 bits per heavy atom. The zero-order valence-electron chi connectivity index (χ0n) is 18.1. The lowest BCUT2D eigenvalue weighted by Crippen LogP contribution is -2.33. The topological polar surface area (TPSA) is 54.3 Å². The maximum Gasteiger partial charge on any atom is 0.161 e. The molecule has 2 aliphatic rings. The van der Waals surface area contributed by atoms with Gasteiger partial charge in [-0.15, -0.1) is 0 Å². The van der Waals surface area contributed by atoms with Crippen LogP contribution in [0.4, 0.5) is 4.39 Å². The third-order valence-electron chi connectivity index (χ3n) is 5.99. The van der Waals surface area contributed by atoms with Gasteiger partial charge in [0.15, 0.2) is 11.5 Å². The van der Waals surface area contributed by atoms with Crippen molar-refractivity contribution in [1.29, 1.82) is 0 Å². The molecule has 1 fully saturated rings. The average molecular weight is 427 g/mol. The largest absolute Gasteiger partial charge is 0.486 e. The quantitative estimate of drug-likeness (QED) is 0.643. The lowest BCUT2D eigenvalue weighted by molar-refractivity contribution is 0.124. The second-order valence-electron chi connectivity index (χ2n) is 8.41. The Bertz CT molecular complexity index is 894. The Kier molecular flexibility index (Phi) is 7.20. The van der Waals surface area contributed by atoms with Gasteiger partial charge in [-0.25, -0.2) is 4.39 Å². The van der Waals surface area contributed by atoms with Crippen LogP contribution >= 0.6 is 0 Å². The molecule has 0 spiro atoms. The number of nitrogens with zero attached hydrogens (tertiary/aromatic N) is 2. The summed E-state index contributed by atoms with van der Waals surface area (Å²) in [5.41, 5.74) is 2.87. The molecule has 0 bridgehead atoms. The monoisotopic (exact) mass is 426 g/mol. The minimum absolute atomic E-state index is 0.220. The number of fused-ring (bicyclic) bond motifs is 1. The average Bonchev–Trinajstić information content (AvgIpc) is 3.30. The van der Waals surface area contributed by atoms with E-state index >= 15 is 0 Å². The van der Waals surface area contributed by atoms with Crippen molar-refractivity contribution in [3.8, 4) is 11.5 Å².